The smallest absolute Gasteiger partial charge is 0.0390 e. The van der Waals surface area contributed by atoms with Gasteiger partial charge in [0, 0.05) is 17.3 Å². The van der Waals surface area contributed by atoms with Gasteiger partial charge >= 0.3 is 0 Å². The van der Waals surface area contributed by atoms with E-state index in [4.69, 9.17) is 0 Å². The van der Waals surface area contributed by atoms with Gasteiger partial charge in [0.25, 0.3) is 0 Å². The predicted octanol–water partition coefficient (Wildman–Crippen LogP) is 4.28. The van der Waals surface area contributed by atoms with Gasteiger partial charge in [-0.1, -0.05) is 25.7 Å². The average Bonchev–Trinajstić information content (AvgIpc) is 2.84. The molecule has 0 heterocycles. The van der Waals surface area contributed by atoms with Crippen molar-refractivity contribution in [2.24, 2.45) is 11.3 Å². The number of aryl methyl sites for hydroxylation is 1. The molecular weight excluding hydrogens is 206 g/mol. The van der Waals surface area contributed by atoms with Gasteiger partial charge in [-0.05, 0) is 54.5 Å². The van der Waals surface area contributed by atoms with Crippen LogP contribution in [-0.4, -0.2) is 0 Å². The number of fused-ring (bicyclic) bond motifs is 1. The molecule has 0 amide bonds. The molecule has 17 heavy (non-hydrogen) atoms. The molecule has 3 rings (SSSR count). The Balaban J connectivity index is 1.87. The number of nitrogens with one attached hydrogen (secondary N) is 1. The normalized spacial score (nSPS) is 28.9. The second-order valence-corrected chi connectivity index (χ2v) is 5.70. The van der Waals surface area contributed by atoms with E-state index in [0.29, 0.717) is 5.41 Å². The van der Waals surface area contributed by atoms with Gasteiger partial charge in [-0.2, -0.15) is 0 Å². The highest BCUT2D eigenvalue weighted by Crippen LogP contribution is 2.65. The maximum absolute atomic E-state index is 3.88. The zero-order chi connectivity index (χ0) is 12.2. The summed E-state index contributed by atoms with van der Waals surface area (Å²) in [5, 5.41) is 3.55. The van der Waals surface area contributed by atoms with Gasteiger partial charge < -0.3 is 5.32 Å². The van der Waals surface area contributed by atoms with Gasteiger partial charge in [0.15, 0.2) is 0 Å². The standard InChI is InChI=1S/C16H19N/c1-5-12-7-13(6-10(2)11(12)3)17-15-9-16(4)8-14(15)16/h5-7,9,14,17H,1,8H2,2-4H3. The molecule has 1 N–H and O–H groups in total. The predicted molar refractivity (Wildman–Crippen MR) is 73.9 cm³/mol. The van der Waals surface area contributed by atoms with Crippen LogP contribution in [0.25, 0.3) is 6.08 Å². The van der Waals surface area contributed by atoms with E-state index >= 15 is 0 Å². The first-order valence-electron chi connectivity index (χ1n) is 6.27. The fraction of sp³-hybridized carbons (Fsp3) is 0.375. The molecule has 1 aromatic rings. The minimum atomic E-state index is 0.531. The van der Waals surface area contributed by atoms with Crippen LogP contribution in [0.2, 0.25) is 0 Å². The first-order valence-corrected chi connectivity index (χ1v) is 6.27. The quantitative estimate of drug-likeness (QED) is 0.809. The van der Waals surface area contributed by atoms with Crippen molar-refractivity contribution in [2.75, 3.05) is 5.32 Å². The molecule has 0 bridgehead atoms. The van der Waals surface area contributed by atoms with E-state index in [1.54, 1.807) is 0 Å². The summed E-state index contributed by atoms with van der Waals surface area (Å²) in [6, 6.07) is 4.41. The molecule has 2 unspecified atom stereocenters. The molecule has 0 spiro atoms. The van der Waals surface area contributed by atoms with Crippen molar-refractivity contribution in [1.29, 1.82) is 0 Å². The van der Waals surface area contributed by atoms with Crippen molar-refractivity contribution in [3.05, 3.63) is 47.2 Å². The zero-order valence-corrected chi connectivity index (χ0v) is 10.8. The lowest BCUT2D eigenvalue weighted by Gasteiger charge is -2.23. The van der Waals surface area contributed by atoms with Crippen molar-refractivity contribution in [3.63, 3.8) is 0 Å². The Morgan fingerprint density at radius 3 is 2.71 bits per heavy atom. The summed E-state index contributed by atoms with van der Waals surface area (Å²) in [6.45, 7) is 10.5. The van der Waals surface area contributed by atoms with Gasteiger partial charge in [0.05, 0.1) is 0 Å². The summed E-state index contributed by atoms with van der Waals surface area (Å²) in [6.07, 6.45) is 5.64. The molecule has 1 saturated carbocycles. The molecule has 1 aromatic carbocycles. The van der Waals surface area contributed by atoms with E-state index in [9.17, 15) is 0 Å². The lowest BCUT2D eigenvalue weighted by Crippen LogP contribution is -2.16. The van der Waals surface area contributed by atoms with Crippen molar-refractivity contribution in [3.8, 4) is 0 Å². The van der Waals surface area contributed by atoms with Gasteiger partial charge in [0.2, 0.25) is 0 Å². The van der Waals surface area contributed by atoms with E-state index in [1.807, 2.05) is 6.08 Å². The summed E-state index contributed by atoms with van der Waals surface area (Å²) >= 11 is 0. The molecule has 2 atom stereocenters. The van der Waals surface area contributed by atoms with E-state index < -0.39 is 0 Å². The van der Waals surface area contributed by atoms with E-state index in [1.165, 1.54) is 34.5 Å². The minimum absolute atomic E-state index is 0.531. The van der Waals surface area contributed by atoms with Crippen molar-refractivity contribution >= 4 is 11.8 Å². The maximum atomic E-state index is 3.88. The third kappa shape index (κ3) is 1.53. The van der Waals surface area contributed by atoms with Crippen LogP contribution < -0.4 is 5.32 Å². The van der Waals surface area contributed by atoms with Crippen LogP contribution in [0.1, 0.15) is 30.0 Å². The highest BCUT2D eigenvalue weighted by molar-refractivity contribution is 5.65. The Labute approximate surface area is 103 Å². The summed E-state index contributed by atoms with van der Waals surface area (Å²) in [7, 11) is 0. The van der Waals surface area contributed by atoms with Crippen molar-refractivity contribution in [1.82, 2.24) is 0 Å². The zero-order valence-electron chi connectivity index (χ0n) is 10.8. The van der Waals surface area contributed by atoms with Crippen LogP contribution in [0.3, 0.4) is 0 Å². The molecular formula is C16H19N. The van der Waals surface area contributed by atoms with E-state index in [0.717, 1.165) is 5.92 Å². The molecule has 0 radical (unpaired) electrons. The van der Waals surface area contributed by atoms with E-state index in [2.05, 4.69) is 50.9 Å². The highest BCUT2D eigenvalue weighted by atomic mass is 14.9. The molecule has 88 valence electrons. The summed E-state index contributed by atoms with van der Waals surface area (Å²) in [5.74, 6) is 0.788. The number of allylic oxidation sites excluding steroid dienone is 2. The fourth-order valence-corrected chi connectivity index (χ4v) is 2.83. The number of anilines is 1. The number of rotatable bonds is 3. The molecule has 0 aliphatic heterocycles. The minimum Gasteiger partial charge on any atom is -0.359 e. The average molecular weight is 225 g/mol. The molecule has 1 fully saturated rings. The molecule has 0 aromatic heterocycles. The Morgan fingerprint density at radius 1 is 1.41 bits per heavy atom. The monoisotopic (exact) mass is 225 g/mol. The molecule has 1 heteroatoms. The van der Waals surface area contributed by atoms with Crippen LogP contribution >= 0.6 is 0 Å². The molecule has 2 aliphatic rings. The first kappa shape index (κ1) is 10.6. The Bertz CT molecular complexity index is 539. The van der Waals surface area contributed by atoms with Crippen LogP contribution in [-0.2, 0) is 0 Å². The van der Waals surface area contributed by atoms with Crippen LogP contribution in [0.5, 0.6) is 0 Å². The fourth-order valence-electron chi connectivity index (χ4n) is 2.83. The van der Waals surface area contributed by atoms with Crippen LogP contribution in [0, 0.1) is 25.2 Å². The van der Waals surface area contributed by atoms with Crippen LogP contribution in [0.4, 0.5) is 5.69 Å². The summed E-state index contributed by atoms with van der Waals surface area (Å²) in [4.78, 5) is 0. The Morgan fingerprint density at radius 2 is 2.18 bits per heavy atom. The highest BCUT2D eigenvalue weighted by Gasteiger charge is 2.57. The topological polar surface area (TPSA) is 12.0 Å². The van der Waals surface area contributed by atoms with Crippen LogP contribution in [0.15, 0.2) is 30.5 Å². The first-order chi connectivity index (χ1) is 8.03. The Kier molecular flexibility index (Phi) is 2.04. The third-order valence-corrected chi connectivity index (χ3v) is 4.36. The van der Waals surface area contributed by atoms with Crippen molar-refractivity contribution < 1.29 is 0 Å². The molecule has 1 nitrogen and oxygen atoms in total. The SMILES string of the molecule is C=Cc1cc(NC2=CC3(C)CC23)cc(C)c1C. The van der Waals surface area contributed by atoms with Gasteiger partial charge in [0.1, 0.15) is 0 Å². The molecule has 0 saturated heterocycles. The van der Waals surface area contributed by atoms with E-state index in [-0.39, 0.29) is 0 Å². The van der Waals surface area contributed by atoms with Crippen molar-refractivity contribution in [2.45, 2.75) is 27.2 Å². The third-order valence-electron chi connectivity index (χ3n) is 4.36. The second kappa shape index (κ2) is 3.25. The van der Waals surface area contributed by atoms with Gasteiger partial charge in [-0.15, -0.1) is 0 Å². The van der Waals surface area contributed by atoms with Gasteiger partial charge in [-0.3, -0.25) is 0 Å². The second-order valence-electron chi connectivity index (χ2n) is 5.70. The summed E-state index contributed by atoms with van der Waals surface area (Å²) < 4.78 is 0. The van der Waals surface area contributed by atoms with Gasteiger partial charge in [-0.25, -0.2) is 0 Å². The number of hydrogen-bond donors (Lipinski definition) is 1. The summed E-state index contributed by atoms with van der Waals surface area (Å²) in [5.41, 5.74) is 7.01. The number of benzene rings is 1. The lowest BCUT2D eigenvalue weighted by atomic mass is 9.92. The lowest BCUT2D eigenvalue weighted by molar-refractivity contribution is 0.611. The Hall–Kier alpha value is -1.50. The number of hydrogen-bond acceptors (Lipinski definition) is 1. The maximum Gasteiger partial charge on any atom is 0.0390 e. The largest absolute Gasteiger partial charge is 0.359 e. The molecule has 2 aliphatic carbocycles.